The van der Waals surface area contributed by atoms with Crippen molar-refractivity contribution in [2.24, 2.45) is 4.99 Å². The molecule has 0 aliphatic heterocycles. The highest BCUT2D eigenvalue weighted by Gasteiger charge is 2.08. The second-order valence-electron chi connectivity index (χ2n) is 3.83. The van der Waals surface area contributed by atoms with Crippen molar-refractivity contribution in [3.8, 4) is 0 Å². The van der Waals surface area contributed by atoms with Crippen molar-refractivity contribution in [1.29, 1.82) is 5.41 Å². The zero-order valence-electron chi connectivity index (χ0n) is 10.6. The van der Waals surface area contributed by atoms with Crippen LogP contribution >= 0.6 is 0 Å². The van der Waals surface area contributed by atoms with Gasteiger partial charge in [-0.1, -0.05) is 24.8 Å². The number of nitrogens with one attached hydrogen (secondary N) is 1. The molecule has 1 aliphatic carbocycles. The van der Waals surface area contributed by atoms with Gasteiger partial charge in [-0.3, -0.25) is 4.99 Å². The second-order valence-corrected chi connectivity index (χ2v) is 3.83. The molecular weight excluding hydrogens is 208 g/mol. The van der Waals surface area contributed by atoms with Crippen LogP contribution in [0.1, 0.15) is 20.8 Å². The molecule has 0 saturated heterocycles. The Balaban J connectivity index is 3.04. The highest BCUT2D eigenvalue weighted by molar-refractivity contribution is 6.10. The van der Waals surface area contributed by atoms with Crippen LogP contribution in [0.3, 0.4) is 0 Å². The van der Waals surface area contributed by atoms with Crippen LogP contribution in [0.25, 0.3) is 0 Å². The Bertz CT molecular complexity index is 483. The Kier molecular flexibility index (Phi) is 4.58. The number of hydrogen-bond donors (Lipinski definition) is 1. The van der Waals surface area contributed by atoms with Crippen molar-refractivity contribution >= 4 is 11.9 Å². The van der Waals surface area contributed by atoms with E-state index in [1.807, 2.05) is 51.2 Å². The van der Waals surface area contributed by atoms with Gasteiger partial charge in [0.2, 0.25) is 0 Å². The summed E-state index contributed by atoms with van der Waals surface area (Å²) in [5.41, 5.74) is 4.37. The predicted molar refractivity (Wildman–Crippen MR) is 75.8 cm³/mol. The number of hydrogen-bond acceptors (Lipinski definition) is 2. The highest BCUT2D eigenvalue weighted by Crippen LogP contribution is 2.19. The summed E-state index contributed by atoms with van der Waals surface area (Å²) >= 11 is 0. The van der Waals surface area contributed by atoms with Crippen molar-refractivity contribution in [3.05, 3.63) is 59.4 Å². The van der Waals surface area contributed by atoms with Gasteiger partial charge in [-0.25, -0.2) is 0 Å². The molecule has 0 heterocycles. The van der Waals surface area contributed by atoms with E-state index in [9.17, 15) is 0 Å². The third kappa shape index (κ3) is 3.52. The molecule has 1 rings (SSSR count). The third-order valence-corrected chi connectivity index (χ3v) is 2.43. The average molecular weight is 226 g/mol. The van der Waals surface area contributed by atoms with Crippen molar-refractivity contribution < 1.29 is 0 Å². The molecule has 0 spiro atoms. The van der Waals surface area contributed by atoms with Crippen molar-refractivity contribution in [3.63, 3.8) is 0 Å². The van der Waals surface area contributed by atoms with Crippen LogP contribution in [0.15, 0.2) is 64.4 Å². The molecular formula is C15H18N2. The normalized spacial score (nSPS) is 19.0. The lowest BCUT2D eigenvalue weighted by Crippen LogP contribution is -2.02. The minimum absolute atomic E-state index is 0.545. The number of rotatable bonds is 3. The maximum atomic E-state index is 7.74. The zero-order valence-corrected chi connectivity index (χ0v) is 10.6. The van der Waals surface area contributed by atoms with E-state index >= 15 is 0 Å². The van der Waals surface area contributed by atoms with Gasteiger partial charge in [0.25, 0.3) is 0 Å². The van der Waals surface area contributed by atoms with Gasteiger partial charge in [0.05, 0.1) is 5.71 Å². The van der Waals surface area contributed by atoms with Gasteiger partial charge < -0.3 is 5.41 Å². The fourth-order valence-electron chi connectivity index (χ4n) is 1.48. The molecule has 1 aliphatic rings. The molecule has 17 heavy (non-hydrogen) atoms. The lowest BCUT2D eigenvalue weighted by Gasteiger charge is -2.10. The van der Waals surface area contributed by atoms with Gasteiger partial charge in [0, 0.05) is 11.9 Å². The first-order chi connectivity index (χ1) is 8.08. The molecule has 0 fully saturated rings. The zero-order chi connectivity index (χ0) is 12.8. The smallest absolute Gasteiger partial charge is 0.0609 e. The van der Waals surface area contributed by atoms with Gasteiger partial charge in [-0.05, 0) is 49.6 Å². The molecule has 2 nitrogen and oxygen atoms in total. The Labute approximate surface area is 103 Å². The lowest BCUT2D eigenvalue weighted by molar-refractivity contribution is 1.33. The Morgan fingerprint density at radius 1 is 1.35 bits per heavy atom. The Hall–Kier alpha value is -1.96. The van der Waals surface area contributed by atoms with E-state index in [-0.39, 0.29) is 0 Å². The van der Waals surface area contributed by atoms with Crippen LogP contribution in [-0.4, -0.2) is 11.9 Å². The number of nitrogens with zero attached hydrogens (tertiary/aromatic N) is 1. The van der Waals surface area contributed by atoms with E-state index < -0.39 is 0 Å². The summed E-state index contributed by atoms with van der Waals surface area (Å²) in [7, 11) is 0. The van der Waals surface area contributed by atoms with Gasteiger partial charge in [-0.2, -0.15) is 0 Å². The number of aliphatic imine (C=N–C) groups is 1. The molecule has 0 aromatic rings. The molecule has 0 aromatic heterocycles. The summed E-state index contributed by atoms with van der Waals surface area (Å²) in [6, 6.07) is 0. The maximum Gasteiger partial charge on any atom is 0.0609 e. The molecule has 0 unspecified atom stereocenters. The summed E-state index contributed by atoms with van der Waals surface area (Å²) in [5, 5.41) is 7.74. The monoisotopic (exact) mass is 226 g/mol. The first kappa shape index (κ1) is 13.1. The van der Waals surface area contributed by atoms with Crippen LogP contribution in [0.4, 0.5) is 0 Å². The molecule has 2 heteroatoms. The largest absolute Gasteiger partial charge is 0.300 e. The third-order valence-electron chi connectivity index (χ3n) is 2.43. The molecule has 0 atom stereocenters. The lowest BCUT2D eigenvalue weighted by atomic mass is 9.95. The van der Waals surface area contributed by atoms with Gasteiger partial charge in [0.15, 0.2) is 0 Å². The minimum atomic E-state index is 0.545. The topological polar surface area (TPSA) is 36.2 Å². The molecule has 0 bridgehead atoms. The molecule has 0 amide bonds. The molecule has 0 aromatic carbocycles. The molecule has 88 valence electrons. The standard InChI is InChI=1S/C15H18N2/c1-5-12-9-14(7-8-15(12)16)13(6-2)10-17-11(3)4/h5-10,16H,3H2,1-2,4H3/b12-5-,13-6+,16-15?,17-10?. The van der Waals surface area contributed by atoms with Gasteiger partial charge >= 0.3 is 0 Å². The molecule has 1 N–H and O–H groups in total. The van der Waals surface area contributed by atoms with E-state index in [0.29, 0.717) is 5.71 Å². The fourth-order valence-corrected chi connectivity index (χ4v) is 1.48. The molecule has 0 saturated carbocycles. The van der Waals surface area contributed by atoms with Crippen LogP contribution < -0.4 is 0 Å². The Morgan fingerprint density at radius 3 is 2.59 bits per heavy atom. The van der Waals surface area contributed by atoms with Crippen LogP contribution in [-0.2, 0) is 0 Å². The van der Waals surface area contributed by atoms with Gasteiger partial charge in [0.1, 0.15) is 0 Å². The highest BCUT2D eigenvalue weighted by atomic mass is 14.7. The SMILES string of the molecule is C=C(C)N=C/C(=C\C)C1=C/C(=C/C)C(=N)C=C1. The molecule has 0 radical (unpaired) electrons. The summed E-state index contributed by atoms with van der Waals surface area (Å²) in [5.74, 6) is 0. The predicted octanol–water partition coefficient (Wildman–Crippen LogP) is 4.00. The van der Waals surface area contributed by atoms with Crippen LogP contribution in [0.2, 0.25) is 0 Å². The van der Waals surface area contributed by atoms with E-state index in [1.165, 1.54) is 0 Å². The first-order valence-corrected chi connectivity index (χ1v) is 5.59. The Morgan fingerprint density at radius 2 is 2.06 bits per heavy atom. The van der Waals surface area contributed by atoms with E-state index in [0.717, 1.165) is 22.4 Å². The summed E-state index contributed by atoms with van der Waals surface area (Å²) in [6.45, 7) is 9.52. The van der Waals surface area contributed by atoms with Gasteiger partial charge in [-0.15, -0.1) is 0 Å². The maximum absolute atomic E-state index is 7.74. The average Bonchev–Trinajstić information content (AvgIpc) is 2.31. The summed E-state index contributed by atoms with van der Waals surface area (Å²) in [4.78, 5) is 4.21. The summed E-state index contributed by atoms with van der Waals surface area (Å²) in [6.07, 6.45) is 11.5. The quantitative estimate of drug-likeness (QED) is 0.706. The van der Waals surface area contributed by atoms with E-state index in [1.54, 1.807) is 6.21 Å². The first-order valence-electron chi connectivity index (χ1n) is 5.59. The van der Waals surface area contributed by atoms with Crippen molar-refractivity contribution in [2.45, 2.75) is 20.8 Å². The fraction of sp³-hybridized carbons (Fsp3) is 0.200. The number of allylic oxidation sites excluding steroid dienone is 9. The summed E-state index contributed by atoms with van der Waals surface area (Å²) < 4.78 is 0. The van der Waals surface area contributed by atoms with Crippen molar-refractivity contribution in [2.75, 3.05) is 0 Å². The van der Waals surface area contributed by atoms with E-state index in [4.69, 9.17) is 5.41 Å². The minimum Gasteiger partial charge on any atom is -0.300 e. The van der Waals surface area contributed by atoms with E-state index in [2.05, 4.69) is 11.6 Å². The second kappa shape index (κ2) is 5.94. The van der Waals surface area contributed by atoms with Crippen LogP contribution in [0, 0.1) is 5.41 Å². The van der Waals surface area contributed by atoms with Crippen LogP contribution in [0.5, 0.6) is 0 Å². The van der Waals surface area contributed by atoms with Crippen molar-refractivity contribution in [1.82, 2.24) is 0 Å².